The number of carboxylic acid groups (broad SMARTS) is 1. The first-order valence-corrected chi connectivity index (χ1v) is 11.4. The average molecular weight is 467 g/mol. The van der Waals surface area contributed by atoms with Crippen molar-refractivity contribution in [3.8, 4) is 0 Å². The van der Waals surface area contributed by atoms with Crippen molar-refractivity contribution in [2.75, 3.05) is 19.3 Å². The number of halogens is 2. The molecule has 0 bridgehead atoms. The van der Waals surface area contributed by atoms with Crippen molar-refractivity contribution in [3.63, 3.8) is 0 Å². The van der Waals surface area contributed by atoms with Crippen LogP contribution in [0.1, 0.15) is 32.4 Å². The lowest BCUT2D eigenvalue weighted by molar-refractivity contribution is -0.132. The third-order valence-corrected chi connectivity index (χ3v) is 5.92. The quantitative estimate of drug-likeness (QED) is 0.706. The van der Waals surface area contributed by atoms with E-state index in [2.05, 4.69) is 0 Å². The van der Waals surface area contributed by atoms with Crippen molar-refractivity contribution in [1.82, 2.24) is 9.62 Å². The van der Waals surface area contributed by atoms with E-state index < -0.39 is 45.6 Å². The van der Waals surface area contributed by atoms with Crippen molar-refractivity contribution >= 4 is 45.2 Å². The molecule has 1 heterocycles. The van der Waals surface area contributed by atoms with Gasteiger partial charge in [0.05, 0.1) is 41.0 Å². The molecule has 2 amide bonds. The van der Waals surface area contributed by atoms with Crippen LogP contribution in [0.25, 0.3) is 0 Å². The molecule has 0 saturated carbocycles. The van der Waals surface area contributed by atoms with Crippen molar-refractivity contribution < 1.29 is 27.9 Å². The van der Waals surface area contributed by atoms with Gasteiger partial charge < -0.3 is 14.7 Å². The number of ether oxygens (including phenoxy) is 1. The number of carbonyl (C=O) groups excluding carboxylic acids is 1. The van der Waals surface area contributed by atoms with Crippen molar-refractivity contribution in [3.05, 3.63) is 33.8 Å². The number of hydrogen-bond donors (Lipinski definition) is 2. The molecule has 0 spiro atoms. The summed E-state index contributed by atoms with van der Waals surface area (Å²) in [6.45, 7) is 5.45. The standard InChI is InChI=1S/C18H24Cl2N2O6S/c1-18(2,3)14-9-22(17(24)25)8-11(16(23)21-29(4,26)27)15(28-14)10-5-6-12(19)13(20)7-10/h5-7,11,14-15H,8-9H2,1-4H3,(H,21,23)(H,24,25)/t11-,14?,15+/m1/s1. The molecule has 1 saturated heterocycles. The molecule has 0 aliphatic carbocycles. The zero-order chi connectivity index (χ0) is 22.1. The van der Waals surface area contributed by atoms with E-state index in [4.69, 9.17) is 27.9 Å². The van der Waals surface area contributed by atoms with Crippen molar-refractivity contribution in [1.29, 1.82) is 0 Å². The third-order valence-electron chi connectivity index (χ3n) is 4.61. The van der Waals surface area contributed by atoms with Crippen LogP contribution in [0.5, 0.6) is 0 Å². The first-order chi connectivity index (χ1) is 13.2. The van der Waals surface area contributed by atoms with Crippen LogP contribution in [0.4, 0.5) is 4.79 Å². The van der Waals surface area contributed by atoms with Gasteiger partial charge in [-0.15, -0.1) is 0 Å². The van der Waals surface area contributed by atoms with E-state index in [0.717, 1.165) is 11.2 Å². The maximum Gasteiger partial charge on any atom is 0.407 e. The minimum absolute atomic E-state index is 0.0271. The van der Waals surface area contributed by atoms with Crippen LogP contribution in [0, 0.1) is 11.3 Å². The minimum atomic E-state index is -3.85. The molecule has 1 aliphatic heterocycles. The Kier molecular flexibility index (Phi) is 7.09. The highest BCUT2D eigenvalue weighted by atomic mass is 35.5. The summed E-state index contributed by atoms with van der Waals surface area (Å²) in [5.74, 6) is -1.98. The van der Waals surface area contributed by atoms with Gasteiger partial charge in [-0.2, -0.15) is 0 Å². The zero-order valence-corrected chi connectivity index (χ0v) is 18.8. The monoisotopic (exact) mass is 466 g/mol. The van der Waals surface area contributed by atoms with Gasteiger partial charge in [0.2, 0.25) is 15.9 Å². The summed E-state index contributed by atoms with van der Waals surface area (Å²) >= 11 is 12.1. The van der Waals surface area contributed by atoms with E-state index in [0.29, 0.717) is 10.6 Å². The summed E-state index contributed by atoms with van der Waals surface area (Å²) < 4.78 is 31.4. The summed E-state index contributed by atoms with van der Waals surface area (Å²) in [5.41, 5.74) is 0.0409. The van der Waals surface area contributed by atoms with Gasteiger partial charge in [-0.1, -0.05) is 50.0 Å². The number of sulfonamides is 1. The molecule has 1 unspecified atom stereocenters. The lowest BCUT2D eigenvalue weighted by Gasteiger charge is -2.34. The van der Waals surface area contributed by atoms with Gasteiger partial charge in [-0.3, -0.25) is 9.52 Å². The van der Waals surface area contributed by atoms with Crippen LogP contribution < -0.4 is 4.72 Å². The number of rotatable bonds is 3. The first-order valence-electron chi connectivity index (χ1n) is 8.79. The number of carbonyl (C=O) groups is 2. The predicted octanol–water partition coefficient (Wildman–Crippen LogP) is 3.15. The lowest BCUT2D eigenvalue weighted by atomic mass is 9.88. The second kappa shape index (κ2) is 8.67. The fraction of sp³-hybridized carbons (Fsp3) is 0.556. The molecule has 162 valence electrons. The molecule has 29 heavy (non-hydrogen) atoms. The van der Waals surface area contributed by atoms with Gasteiger partial charge in [0.25, 0.3) is 0 Å². The molecule has 1 aromatic rings. The summed E-state index contributed by atoms with van der Waals surface area (Å²) in [6, 6.07) is 4.70. The fourth-order valence-electron chi connectivity index (χ4n) is 3.04. The summed E-state index contributed by atoms with van der Waals surface area (Å²) in [5, 5.41) is 10.1. The van der Waals surface area contributed by atoms with E-state index in [1.165, 1.54) is 6.07 Å². The van der Waals surface area contributed by atoms with Gasteiger partial charge in [0.1, 0.15) is 0 Å². The molecule has 2 rings (SSSR count). The van der Waals surface area contributed by atoms with Gasteiger partial charge in [-0.05, 0) is 23.1 Å². The summed E-state index contributed by atoms with van der Waals surface area (Å²) in [6.07, 6.45) is -1.87. The maximum absolute atomic E-state index is 12.8. The van der Waals surface area contributed by atoms with E-state index in [1.54, 1.807) is 12.1 Å². The molecule has 2 N–H and O–H groups in total. The number of nitrogens with one attached hydrogen (secondary N) is 1. The second-order valence-electron chi connectivity index (χ2n) is 8.12. The maximum atomic E-state index is 12.8. The van der Waals surface area contributed by atoms with Crippen LogP contribution in [-0.2, 0) is 19.6 Å². The molecule has 1 aromatic carbocycles. The number of nitrogens with zero attached hydrogens (tertiary/aromatic N) is 1. The molecule has 11 heteroatoms. The minimum Gasteiger partial charge on any atom is -0.465 e. The van der Waals surface area contributed by atoms with Gasteiger partial charge in [0.15, 0.2) is 0 Å². The molecule has 3 atom stereocenters. The van der Waals surface area contributed by atoms with Crippen LogP contribution in [0.2, 0.25) is 10.0 Å². The Labute approximate surface area is 180 Å². The van der Waals surface area contributed by atoms with Crippen molar-refractivity contribution in [2.45, 2.75) is 33.0 Å². The molecule has 8 nitrogen and oxygen atoms in total. The van der Waals surface area contributed by atoms with E-state index in [9.17, 15) is 23.1 Å². The largest absolute Gasteiger partial charge is 0.465 e. The van der Waals surface area contributed by atoms with E-state index in [1.807, 2.05) is 25.5 Å². The summed E-state index contributed by atoms with van der Waals surface area (Å²) in [4.78, 5) is 25.6. The Bertz CT molecular complexity index is 900. The summed E-state index contributed by atoms with van der Waals surface area (Å²) in [7, 11) is -3.85. The highest BCUT2D eigenvalue weighted by Crippen LogP contribution is 2.38. The molecular weight excluding hydrogens is 443 g/mol. The smallest absolute Gasteiger partial charge is 0.407 e. The molecule has 0 aromatic heterocycles. The third kappa shape index (κ3) is 6.21. The molecule has 0 radical (unpaired) electrons. The Balaban J connectivity index is 2.57. The number of benzene rings is 1. The lowest BCUT2D eigenvalue weighted by Crippen LogP contribution is -2.44. The van der Waals surface area contributed by atoms with Gasteiger partial charge >= 0.3 is 6.09 Å². The average Bonchev–Trinajstić information content (AvgIpc) is 2.76. The van der Waals surface area contributed by atoms with Gasteiger partial charge in [-0.25, -0.2) is 13.2 Å². The normalized spacial score (nSPS) is 23.4. The second-order valence-corrected chi connectivity index (χ2v) is 10.7. The highest BCUT2D eigenvalue weighted by molar-refractivity contribution is 7.89. The molecular formula is C18H24Cl2N2O6S. The Morgan fingerprint density at radius 3 is 2.31 bits per heavy atom. The highest BCUT2D eigenvalue weighted by Gasteiger charge is 2.43. The molecule has 1 fully saturated rings. The van der Waals surface area contributed by atoms with Crippen molar-refractivity contribution in [2.24, 2.45) is 11.3 Å². The van der Waals surface area contributed by atoms with E-state index >= 15 is 0 Å². The number of amides is 2. The SMILES string of the molecule is CC(C)(C)C1CN(C(=O)O)C[C@@H](C(=O)NS(C)(=O)=O)[C@H](c2ccc(Cl)c(Cl)c2)O1. The molecule has 1 aliphatic rings. The van der Waals surface area contributed by atoms with Crippen LogP contribution in [0.15, 0.2) is 18.2 Å². The fourth-order valence-corrected chi connectivity index (χ4v) is 3.86. The number of hydrogen-bond acceptors (Lipinski definition) is 5. The first kappa shape index (κ1) is 23.7. The topological polar surface area (TPSA) is 113 Å². The van der Waals surface area contributed by atoms with Crippen LogP contribution in [0.3, 0.4) is 0 Å². The van der Waals surface area contributed by atoms with E-state index in [-0.39, 0.29) is 18.1 Å². The zero-order valence-electron chi connectivity index (χ0n) is 16.5. The van der Waals surface area contributed by atoms with Gasteiger partial charge in [0, 0.05) is 6.54 Å². The Morgan fingerprint density at radius 1 is 1.21 bits per heavy atom. The van der Waals surface area contributed by atoms with Crippen LogP contribution >= 0.6 is 23.2 Å². The Morgan fingerprint density at radius 2 is 1.83 bits per heavy atom. The van der Waals surface area contributed by atoms with Crippen LogP contribution in [-0.4, -0.2) is 55.9 Å². The Hall–Kier alpha value is -1.55. The predicted molar refractivity (Wildman–Crippen MR) is 110 cm³/mol.